The summed E-state index contributed by atoms with van der Waals surface area (Å²) in [5, 5.41) is 13.4. The van der Waals surface area contributed by atoms with Crippen molar-refractivity contribution < 1.29 is 19.1 Å². The number of hydrogen-bond donors (Lipinski definition) is 1. The molecule has 0 radical (unpaired) electrons. The summed E-state index contributed by atoms with van der Waals surface area (Å²) in [4.78, 5) is 18.7. The lowest BCUT2D eigenvalue weighted by molar-refractivity contribution is -0.133. The van der Waals surface area contributed by atoms with Crippen molar-refractivity contribution in [2.24, 2.45) is 5.16 Å². The lowest BCUT2D eigenvalue weighted by Crippen LogP contribution is -2.34. The Labute approximate surface area is 163 Å². The van der Waals surface area contributed by atoms with Gasteiger partial charge in [0.2, 0.25) is 0 Å². The van der Waals surface area contributed by atoms with Gasteiger partial charge < -0.3 is 9.94 Å². The van der Waals surface area contributed by atoms with Crippen molar-refractivity contribution in [1.82, 2.24) is 4.90 Å². The van der Waals surface area contributed by atoms with E-state index in [9.17, 15) is 9.18 Å². The number of carbonyl (C=O) groups is 1. The lowest BCUT2D eigenvalue weighted by Gasteiger charge is -2.24. The van der Waals surface area contributed by atoms with E-state index in [1.165, 1.54) is 12.1 Å². The normalized spacial score (nSPS) is 15.2. The number of oxime groups is 1. The maximum Gasteiger partial charge on any atom is 0.332 e. The van der Waals surface area contributed by atoms with Gasteiger partial charge in [0.25, 0.3) is 0 Å². The van der Waals surface area contributed by atoms with Gasteiger partial charge in [0.1, 0.15) is 18.1 Å². The van der Waals surface area contributed by atoms with E-state index >= 15 is 0 Å². The van der Waals surface area contributed by atoms with E-state index in [0.29, 0.717) is 43.0 Å². The summed E-state index contributed by atoms with van der Waals surface area (Å²) < 4.78 is 13.7. The second-order valence-electron chi connectivity index (χ2n) is 6.70. The van der Waals surface area contributed by atoms with Crippen LogP contribution in [-0.4, -0.2) is 47.9 Å². The van der Waals surface area contributed by atoms with Crippen LogP contribution in [0.1, 0.15) is 23.1 Å². The zero-order valence-electron chi connectivity index (χ0n) is 15.8. The van der Waals surface area contributed by atoms with Crippen LogP contribution in [0.25, 0.3) is 0 Å². The van der Waals surface area contributed by atoms with Crippen LogP contribution in [0.4, 0.5) is 4.39 Å². The van der Waals surface area contributed by atoms with Crippen molar-refractivity contribution in [2.75, 3.05) is 26.2 Å². The minimum absolute atomic E-state index is 0.317. The van der Waals surface area contributed by atoms with Crippen LogP contribution in [0.3, 0.4) is 0 Å². The van der Waals surface area contributed by atoms with Crippen LogP contribution in [-0.2, 0) is 9.63 Å². The van der Waals surface area contributed by atoms with E-state index < -0.39 is 5.97 Å². The molecule has 0 unspecified atom stereocenters. The van der Waals surface area contributed by atoms with E-state index in [-0.39, 0.29) is 5.82 Å². The average Bonchev–Trinajstić information content (AvgIpc) is 2.69. The SMILES string of the molecule is Cc1ccccc1/C(=N/OCCN1CCC=C(C(=O)O)C1)c1cccc(F)c1. The van der Waals surface area contributed by atoms with Gasteiger partial charge in [-0.3, -0.25) is 4.90 Å². The maximum absolute atomic E-state index is 13.7. The molecule has 6 heteroatoms. The molecule has 28 heavy (non-hydrogen) atoms. The number of rotatable bonds is 7. The summed E-state index contributed by atoms with van der Waals surface area (Å²) in [5.74, 6) is -1.21. The predicted molar refractivity (Wildman–Crippen MR) is 106 cm³/mol. The third-order valence-corrected chi connectivity index (χ3v) is 4.66. The molecule has 1 aliphatic heterocycles. The van der Waals surface area contributed by atoms with Gasteiger partial charge in [0.05, 0.1) is 0 Å². The lowest BCUT2D eigenvalue weighted by atomic mass is 9.98. The second-order valence-corrected chi connectivity index (χ2v) is 6.70. The minimum Gasteiger partial charge on any atom is -0.478 e. The molecule has 0 spiro atoms. The Balaban J connectivity index is 1.71. The van der Waals surface area contributed by atoms with E-state index in [4.69, 9.17) is 9.94 Å². The van der Waals surface area contributed by atoms with E-state index in [2.05, 4.69) is 5.16 Å². The molecule has 0 bridgehead atoms. The Bertz CT molecular complexity index is 908. The highest BCUT2D eigenvalue weighted by atomic mass is 19.1. The Hall–Kier alpha value is -2.99. The first kappa shape index (κ1) is 19.8. The molecular weight excluding hydrogens is 359 g/mol. The topological polar surface area (TPSA) is 62.1 Å². The van der Waals surface area contributed by atoms with Gasteiger partial charge in [0.15, 0.2) is 0 Å². The molecule has 2 aromatic rings. The van der Waals surface area contributed by atoms with Crippen LogP contribution >= 0.6 is 0 Å². The summed E-state index contributed by atoms with van der Waals surface area (Å²) in [6.45, 7) is 4.04. The molecule has 0 saturated carbocycles. The highest BCUT2D eigenvalue weighted by Crippen LogP contribution is 2.16. The first-order valence-corrected chi connectivity index (χ1v) is 9.21. The molecule has 0 aromatic heterocycles. The van der Waals surface area contributed by atoms with Gasteiger partial charge in [-0.15, -0.1) is 0 Å². The largest absolute Gasteiger partial charge is 0.478 e. The van der Waals surface area contributed by atoms with E-state index in [1.54, 1.807) is 18.2 Å². The van der Waals surface area contributed by atoms with Crippen LogP contribution < -0.4 is 0 Å². The molecule has 1 aliphatic rings. The molecule has 0 saturated heterocycles. The summed E-state index contributed by atoms with van der Waals surface area (Å²) >= 11 is 0. The summed E-state index contributed by atoms with van der Waals surface area (Å²) in [6.07, 6.45) is 2.47. The van der Waals surface area contributed by atoms with Gasteiger partial charge >= 0.3 is 5.97 Å². The third-order valence-electron chi connectivity index (χ3n) is 4.66. The van der Waals surface area contributed by atoms with Crippen molar-refractivity contribution in [3.63, 3.8) is 0 Å². The number of carboxylic acid groups (broad SMARTS) is 1. The van der Waals surface area contributed by atoms with Gasteiger partial charge in [-0.05, 0) is 31.0 Å². The highest BCUT2D eigenvalue weighted by molar-refractivity contribution is 6.13. The van der Waals surface area contributed by atoms with Crippen molar-refractivity contribution in [2.45, 2.75) is 13.3 Å². The van der Waals surface area contributed by atoms with Gasteiger partial charge in [-0.1, -0.05) is 47.6 Å². The fourth-order valence-corrected chi connectivity index (χ4v) is 3.16. The first-order valence-electron chi connectivity index (χ1n) is 9.21. The third kappa shape index (κ3) is 5.04. The number of benzene rings is 2. The zero-order valence-corrected chi connectivity index (χ0v) is 15.8. The number of hydrogen-bond acceptors (Lipinski definition) is 4. The molecule has 0 amide bonds. The molecule has 0 aliphatic carbocycles. The Kier molecular flexibility index (Phi) is 6.55. The van der Waals surface area contributed by atoms with E-state index in [0.717, 1.165) is 17.7 Å². The van der Waals surface area contributed by atoms with Crippen molar-refractivity contribution >= 4 is 11.7 Å². The maximum atomic E-state index is 13.7. The fourth-order valence-electron chi connectivity index (χ4n) is 3.16. The molecule has 0 atom stereocenters. The molecule has 3 rings (SSSR count). The van der Waals surface area contributed by atoms with E-state index in [1.807, 2.05) is 36.1 Å². The molecule has 1 heterocycles. The van der Waals surface area contributed by atoms with Crippen LogP contribution in [0.5, 0.6) is 0 Å². The van der Waals surface area contributed by atoms with Gasteiger partial charge in [0, 0.05) is 36.3 Å². The summed E-state index contributed by atoms with van der Waals surface area (Å²) in [5.41, 5.74) is 3.52. The van der Waals surface area contributed by atoms with Gasteiger partial charge in [-0.2, -0.15) is 0 Å². The Morgan fingerprint density at radius 1 is 1.25 bits per heavy atom. The average molecular weight is 382 g/mol. The van der Waals surface area contributed by atoms with Crippen molar-refractivity contribution in [3.8, 4) is 0 Å². The predicted octanol–water partition coefficient (Wildman–Crippen LogP) is 3.62. The molecular formula is C22H23FN2O3. The summed E-state index contributed by atoms with van der Waals surface area (Å²) in [6, 6.07) is 14.0. The monoisotopic (exact) mass is 382 g/mol. The summed E-state index contributed by atoms with van der Waals surface area (Å²) in [7, 11) is 0. The fraction of sp³-hybridized carbons (Fsp3) is 0.273. The molecule has 0 fully saturated rings. The number of carboxylic acids is 1. The minimum atomic E-state index is -0.878. The number of aliphatic carboxylic acids is 1. The number of nitrogens with zero attached hydrogens (tertiary/aromatic N) is 2. The van der Waals surface area contributed by atoms with Gasteiger partial charge in [-0.25, -0.2) is 9.18 Å². The van der Waals surface area contributed by atoms with Crippen LogP contribution in [0.15, 0.2) is 65.3 Å². The first-order chi connectivity index (χ1) is 13.5. The Morgan fingerprint density at radius 2 is 2.07 bits per heavy atom. The standard InChI is InChI=1S/C22H23FN2O3/c1-16-6-2-3-10-20(16)21(17-7-4-9-19(23)14-17)24-28-13-12-25-11-5-8-18(15-25)22(26)27/h2-4,6-10,14H,5,11-13,15H2,1H3,(H,26,27)/b24-21+. The number of halogens is 1. The van der Waals surface area contributed by atoms with Crippen LogP contribution in [0, 0.1) is 12.7 Å². The van der Waals surface area contributed by atoms with Crippen molar-refractivity contribution in [3.05, 3.63) is 82.7 Å². The molecule has 2 aromatic carbocycles. The molecule has 5 nitrogen and oxygen atoms in total. The van der Waals surface area contributed by atoms with Crippen LogP contribution in [0.2, 0.25) is 0 Å². The van der Waals surface area contributed by atoms with Crippen molar-refractivity contribution in [1.29, 1.82) is 0 Å². The molecule has 1 N–H and O–H groups in total. The zero-order chi connectivity index (χ0) is 19.9. The second kappa shape index (κ2) is 9.28. The Morgan fingerprint density at radius 3 is 2.82 bits per heavy atom. The smallest absolute Gasteiger partial charge is 0.332 e. The molecule has 146 valence electrons. The number of aryl methyl sites for hydroxylation is 1. The highest BCUT2D eigenvalue weighted by Gasteiger charge is 2.17. The quantitative estimate of drug-likeness (QED) is 0.451.